The van der Waals surface area contributed by atoms with Gasteiger partial charge < -0.3 is 10.8 Å². The van der Waals surface area contributed by atoms with E-state index in [1.165, 1.54) is 0 Å². The van der Waals surface area contributed by atoms with Gasteiger partial charge in [0.2, 0.25) is 0 Å². The van der Waals surface area contributed by atoms with Gasteiger partial charge in [-0.1, -0.05) is 0 Å². The fraction of sp³-hybridized carbons (Fsp3) is 0. The van der Waals surface area contributed by atoms with Crippen LogP contribution >= 0.6 is 0 Å². The monoisotopic (exact) mass is 117 g/mol. The number of carbonyl (C=O) groups is 3. The van der Waals surface area contributed by atoms with Gasteiger partial charge in [-0.15, -0.1) is 0 Å². The average Bonchev–Trinajstić information content (AvgIpc) is 1.64. The highest BCUT2D eigenvalue weighted by Gasteiger charge is 2.16. The molecule has 5 nitrogen and oxygen atoms in total. The lowest BCUT2D eigenvalue weighted by Gasteiger charge is -1.81. The number of carboxylic acid groups (broad SMARTS) is 1. The van der Waals surface area contributed by atoms with Gasteiger partial charge in [0.1, 0.15) is 0 Å². The molecule has 0 bridgehead atoms. The summed E-state index contributed by atoms with van der Waals surface area (Å²) in [6.45, 7) is 0. The normalized spacial score (nSPS) is 8.00. The van der Waals surface area contributed by atoms with E-state index in [-0.39, 0.29) is 0 Å². The molecule has 0 aromatic carbocycles. The van der Waals surface area contributed by atoms with Crippen LogP contribution in [0.4, 0.5) is 0 Å². The summed E-state index contributed by atoms with van der Waals surface area (Å²) in [5.41, 5.74) is 4.27. The lowest BCUT2D eigenvalue weighted by Crippen LogP contribution is -2.29. The third-order valence-electron chi connectivity index (χ3n) is 0.418. The average molecular weight is 117 g/mol. The molecule has 0 aliphatic rings. The summed E-state index contributed by atoms with van der Waals surface area (Å²) >= 11 is 0. The van der Waals surface area contributed by atoms with E-state index in [1.807, 2.05) is 0 Å². The molecular formula is C3H3NO4. The Hall–Kier alpha value is -1.39. The van der Waals surface area contributed by atoms with E-state index in [0.717, 1.165) is 0 Å². The SMILES string of the molecule is NC(=O)C(=O)C(=O)O. The first-order valence-electron chi connectivity index (χ1n) is 1.62. The van der Waals surface area contributed by atoms with Crippen molar-refractivity contribution < 1.29 is 19.5 Å². The summed E-state index contributed by atoms with van der Waals surface area (Å²) < 4.78 is 0. The smallest absolute Gasteiger partial charge is 0.382 e. The lowest BCUT2D eigenvalue weighted by atomic mass is 10.4. The van der Waals surface area contributed by atoms with Crippen LogP contribution in [0, 0.1) is 0 Å². The molecule has 0 aromatic heterocycles. The van der Waals surface area contributed by atoms with Crippen LogP contribution in [-0.2, 0) is 14.4 Å². The number of nitrogens with two attached hydrogens (primary N) is 1. The Kier molecular flexibility index (Phi) is 1.70. The van der Waals surface area contributed by atoms with Gasteiger partial charge in [0.05, 0.1) is 0 Å². The molecule has 0 rings (SSSR count). The number of primary amides is 1. The fourth-order valence-electron chi connectivity index (χ4n) is 0.105. The zero-order chi connectivity index (χ0) is 6.73. The molecule has 0 aliphatic heterocycles. The second-order valence-corrected chi connectivity index (χ2v) is 0.999. The van der Waals surface area contributed by atoms with Crippen molar-refractivity contribution in [2.75, 3.05) is 0 Å². The molecule has 0 fully saturated rings. The number of ketones is 1. The molecule has 3 N–H and O–H groups in total. The second-order valence-electron chi connectivity index (χ2n) is 0.999. The number of Topliss-reactive ketones (excluding diaryl/α,β-unsaturated/α-hetero) is 1. The highest BCUT2D eigenvalue weighted by Crippen LogP contribution is 1.66. The maximum absolute atomic E-state index is 9.77. The van der Waals surface area contributed by atoms with Crippen molar-refractivity contribution in [1.29, 1.82) is 0 Å². The topological polar surface area (TPSA) is 97.5 Å². The largest absolute Gasteiger partial charge is 0.475 e. The van der Waals surface area contributed by atoms with Crippen LogP contribution in [0.1, 0.15) is 0 Å². The van der Waals surface area contributed by atoms with Gasteiger partial charge >= 0.3 is 11.8 Å². The van der Waals surface area contributed by atoms with Gasteiger partial charge in [-0.2, -0.15) is 0 Å². The maximum Gasteiger partial charge on any atom is 0.382 e. The lowest BCUT2D eigenvalue weighted by molar-refractivity contribution is -0.152. The highest BCUT2D eigenvalue weighted by molar-refractivity contribution is 6.60. The maximum atomic E-state index is 9.77. The molecule has 0 saturated carbocycles. The molecule has 0 aromatic rings. The van der Waals surface area contributed by atoms with Crippen molar-refractivity contribution >= 4 is 17.7 Å². The van der Waals surface area contributed by atoms with Crippen molar-refractivity contribution in [1.82, 2.24) is 0 Å². The zero-order valence-corrected chi connectivity index (χ0v) is 3.75. The Bertz CT molecular complexity index is 133. The predicted octanol–water partition coefficient (Wildman–Crippen LogP) is -1.87. The molecule has 0 atom stereocenters. The van der Waals surface area contributed by atoms with E-state index in [4.69, 9.17) is 5.11 Å². The standard InChI is InChI=1S/C3H3NO4/c4-2(6)1(5)3(7)8/h(H2,4,6)(H,7,8). The van der Waals surface area contributed by atoms with Crippen molar-refractivity contribution in [3.8, 4) is 0 Å². The Morgan fingerprint density at radius 3 is 1.62 bits per heavy atom. The molecule has 0 spiro atoms. The van der Waals surface area contributed by atoms with E-state index in [9.17, 15) is 14.4 Å². The van der Waals surface area contributed by atoms with Gasteiger partial charge in [0.15, 0.2) is 0 Å². The number of carbonyl (C=O) groups excluding carboxylic acids is 2. The number of rotatable bonds is 2. The molecular weight excluding hydrogens is 114 g/mol. The number of hydrogen-bond acceptors (Lipinski definition) is 3. The Morgan fingerprint density at radius 1 is 1.25 bits per heavy atom. The minimum atomic E-state index is -1.82. The van der Waals surface area contributed by atoms with Crippen molar-refractivity contribution in [3.05, 3.63) is 0 Å². The highest BCUT2D eigenvalue weighted by atomic mass is 16.4. The van der Waals surface area contributed by atoms with Crippen molar-refractivity contribution in [2.45, 2.75) is 0 Å². The van der Waals surface area contributed by atoms with E-state index in [1.54, 1.807) is 0 Å². The summed E-state index contributed by atoms with van der Waals surface area (Å²) in [6, 6.07) is 0. The molecule has 0 aliphatic carbocycles. The van der Waals surface area contributed by atoms with Gasteiger partial charge in [0, 0.05) is 0 Å². The molecule has 1 amide bonds. The number of aliphatic carboxylic acids is 1. The van der Waals surface area contributed by atoms with E-state index in [0.29, 0.717) is 0 Å². The predicted molar refractivity (Wildman–Crippen MR) is 21.8 cm³/mol. The summed E-state index contributed by atoms with van der Waals surface area (Å²) in [4.78, 5) is 28.9. The summed E-state index contributed by atoms with van der Waals surface area (Å²) in [5, 5.41) is 7.70. The Morgan fingerprint density at radius 2 is 1.62 bits per heavy atom. The molecule has 0 saturated heterocycles. The van der Waals surface area contributed by atoms with Crippen LogP contribution in [-0.4, -0.2) is 22.8 Å². The van der Waals surface area contributed by atoms with E-state index in [2.05, 4.69) is 5.73 Å². The minimum Gasteiger partial charge on any atom is -0.475 e. The second kappa shape index (κ2) is 2.06. The van der Waals surface area contributed by atoms with Crippen LogP contribution in [0.5, 0.6) is 0 Å². The van der Waals surface area contributed by atoms with Crippen LogP contribution in [0.25, 0.3) is 0 Å². The third-order valence-corrected chi connectivity index (χ3v) is 0.418. The van der Waals surface area contributed by atoms with E-state index >= 15 is 0 Å². The Labute approximate surface area is 44.1 Å². The molecule has 0 unspecified atom stereocenters. The first kappa shape index (κ1) is 6.61. The van der Waals surface area contributed by atoms with Crippen LogP contribution in [0.15, 0.2) is 0 Å². The van der Waals surface area contributed by atoms with Crippen molar-refractivity contribution in [2.24, 2.45) is 5.73 Å². The Balaban J connectivity index is 4.05. The van der Waals surface area contributed by atoms with Crippen LogP contribution < -0.4 is 5.73 Å². The van der Waals surface area contributed by atoms with Crippen molar-refractivity contribution in [3.63, 3.8) is 0 Å². The van der Waals surface area contributed by atoms with Gasteiger partial charge in [-0.25, -0.2) is 4.79 Å². The molecule has 0 radical (unpaired) electrons. The third kappa shape index (κ3) is 1.38. The first-order chi connectivity index (χ1) is 3.55. The van der Waals surface area contributed by atoms with E-state index < -0.39 is 17.7 Å². The van der Waals surface area contributed by atoms with Gasteiger partial charge in [-0.3, -0.25) is 9.59 Å². The molecule has 44 valence electrons. The number of carboxylic acids is 1. The van der Waals surface area contributed by atoms with Gasteiger partial charge in [-0.05, 0) is 0 Å². The minimum absolute atomic E-state index is 1.45. The fourth-order valence-corrected chi connectivity index (χ4v) is 0.105. The van der Waals surface area contributed by atoms with Crippen LogP contribution in [0.3, 0.4) is 0 Å². The number of hydrogen-bond donors (Lipinski definition) is 2. The summed E-state index contributed by atoms with van der Waals surface area (Å²) in [7, 11) is 0. The molecule has 5 heteroatoms. The van der Waals surface area contributed by atoms with Gasteiger partial charge in [0.25, 0.3) is 5.91 Å². The molecule has 8 heavy (non-hydrogen) atoms. The quantitative estimate of drug-likeness (QED) is 0.327. The molecule has 0 heterocycles. The number of amides is 1. The first-order valence-corrected chi connectivity index (χ1v) is 1.62. The summed E-state index contributed by atoms with van der Waals surface area (Å²) in [6.07, 6.45) is 0. The zero-order valence-electron chi connectivity index (χ0n) is 3.75. The van der Waals surface area contributed by atoms with Crippen LogP contribution in [0.2, 0.25) is 0 Å². The summed E-state index contributed by atoms with van der Waals surface area (Å²) in [5.74, 6) is -4.86.